The van der Waals surface area contributed by atoms with Gasteiger partial charge in [-0.2, -0.15) is 0 Å². The van der Waals surface area contributed by atoms with E-state index in [0.29, 0.717) is 17.3 Å². The first kappa shape index (κ1) is 16.6. The molecule has 2 rings (SSSR count). The second-order valence-corrected chi connectivity index (χ2v) is 7.87. The van der Waals surface area contributed by atoms with E-state index in [2.05, 4.69) is 19.2 Å². The molecule has 0 saturated carbocycles. The summed E-state index contributed by atoms with van der Waals surface area (Å²) in [6.45, 7) is 14.4. The summed E-state index contributed by atoms with van der Waals surface area (Å²) in [4.78, 5) is 14.2. The van der Waals surface area contributed by atoms with Crippen LogP contribution in [0.3, 0.4) is 0 Å². The minimum absolute atomic E-state index is 0.141. The summed E-state index contributed by atoms with van der Waals surface area (Å²) in [6.07, 6.45) is 3.36. The zero-order valence-corrected chi connectivity index (χ0v) is 14.4. The van der Waals surface area contributed by atoms with Crippen LogP contribution in [0, 0.1) is 17.3 Å². The van der Waals surface area contributed by atoms with Crippen molar-refractivity contribution in [2.75, 3.05) is 26.2 Å². The molecule has 4 heteroatoms. The summed E-state index contributed by atoms with van der Waals surface area (Å²) >= 11 is 0. The third-order valence-electron chi connectivity index (χ3n) is 5.44. The van der Waals surface area contributed by atoms with Crippen molar-refractivity contribution in [2.24, 2.45) is 17.3 Å². The number of carbonyl (C=O) groups excluding carboxylic acids is 1. The molecule has 3 atom stereocenters. The van der Waals surface area contributed by atoms with Gasteiger partial charge in [0.05, 0.1) is 0 Å². The number of nitrogens with one attached hydrogen (secondary N) is 1. The average molecular weight is 296 g/mol. The van der Waals surface area contributed by atoms with E-state index in [4.69, 9.17) is 4.74 Å². The van der Waals surface area contributed by atoms with Gasteiger partial charge in [-0.05, 0) is 64.0 Å². The normalized spacial score (nSPS) is 34.0. The highest BCUT2D eigenvalue weighted by Gasteiger charge is 2.47. The lowest BCUT2D eigenvalue weighted by atomic mass is 9.59. The van der Waals surface area contributed by atoms with Crippen molar-refractivity contribution in [3.05, 3.63) is 0 Å². The highest BCUT2D eigenvalue weighted by Crippen LogP contribution is 2.48. The number of nitrogens with zero attached hydrogens (tertiary/aromatic N) is 1. The molecule has 1 amide bonds. The van der Waals surface area contributed by atoms with Gasteiger partial charge >= 0.3 is 6.09 Å². The van der Waals surface area contributed by atoms with Crippen molar-refractivity contribution < 1.29 is 9.53 Å². The van der Waals surface area contributed by atoms with Crippen molar-refractivity contribution in [2.45, 2.75) is 59.5 Å². The lowest BCUT2D eigenvalue weighted by molar-refractivity contribution is -0.0428. The van der Waals surface area contributed by atoms with Gasteiger partial charge in [0.15, 0.2) is 0 Å². The van der Waals surface area contributed by atoms with Crippen LogP contribution >= 0.6 is 0 Å². The van der Waals surface area contributed by atoms with E-state index in [1.165, 1.54) is 6.42 Å². The maximum absolute atomic E-state index is 12.3. The number of piperidine rings is 2. The molecule has 0 aromatic heterocycles. The van der Waals surface area contributed by atoms with Gasteiger partial charge in [-0.15, -0.1) is 0 Å². The summed E-state index contributed by atoms with van der Waals surface area (Å²) in [7, 11) is 0. The Bertz CT molecular complexity index is 377. The van der Waals surface area contributed by atoms with Crippen molar-refractivity contribution in [3.8, 4) is 0 Å². The number of likely N-dealkylation sites (tertiary alicyclic amines) is 1. The van der Waals surface area contributed by atoms with Crippen LogP contribution in [0.4, 0.5) is 4.79 Å². The van der Waals surface area contributed by atoms with Gasteiger partial charge in [-0.25, -0.2) is 4.79 Å². The molecule has 4 nitrogen and oxygen atoms in total. The van der Waals surface area contributed by atoms with Gasteiger partial charge < -0.3 is 15.0 Å². The van der Waals surface area contributed by atoms with Gasteiger partial charge in [-0.1, -0.05) is 20.3 Å². The third kappa shape index (κ3) is 3.53. The van der Waals surface area contributed by atoms with Gasteiger partial charge in [-0.3, -0.25) is 0 Å². The summed E-state index contributed by atoms with van der Waals surface area (Å²) in [5.41, 5.74) is 0.00842. The monoisotopic (exact) mass is 296 g/mol. The fraction of sp³-hybridized carbons (Fsp3) is 0.941. The van der Waals surface area contributed by atoms with Crippen molar-refractivity contribution in [1.82, 2.24) is 10.2 Å². The molecule has 2 aliphatic heterocycles. The molecular weight excluding hydrogens is 264 g/mol. The lowest BCUT2D eigenvalue weighted by Crippen LogP contribution is -2.56. The van der Waals surface area contributed by atoms with Gasteiger partial charge in [0.2, 0.25) is 0 Å². The Hall–Kier alpha value is -0.770. The molecular formula is C17H32N2O2. The maximum atomic E-state index is 12.3. The fourth-order valence-corrected chi connectivity index (χ4v) is 4.18. The van der Waals surface area contributed by atoms with Crippen molar-refractivity contribution >= 4 is 6.09 Å². The number of amides is 1. The second kappa shape index (κ2) is 6.15. The Kier molecular flexibility index (Phi) is 4.86. The third-order valence-corrected chi connectivity index (χ3v) is 5.44. The van der Waals surface area contributed by atoms with E-state index in [1.54, 1.807) is 0 Å². The summed E-state index contributed by atoms with van der Waals surface area (Å²) in [5, 5.41) is 3.51. The number of hydrogen-bond donors (Lipinski definition) is 1. The van der Waals surface area contributed by atoms with Crippen LogP contribution in [0.5, 0.6) is 0 Å². The molecule has 0 bridgehead atoms. The van der Waals surface area contributed by atoms with E-state index in [-0.39, 0.29) is 6.09 Å². The maximum Gasteiger partial charge on any atom is 0.410 e. The number of rotatable bonds is 1. The first-order valence-electron chi connectivity index (χ1n) is 8.47. The second-order valence-electron chi connectivity index (χ2n) is 7.87. The highest BCUT2D eigenvalue weighted by molar-refractivity contribution is 5.68. The topological polar surface area (TPSA) is 41.6 Å². The minimum atomic E-state index is -0.407. The molecule has 2 fully saturated rings. The molecule has 3 unspecified atom stereocenters. The zero-order valence-electron chi connectivity index (χ0n) is 14.4. The Labute approximate surface area is 129 Å². The molecule has 122 valence electrons. The van der Waals surface area contributed by atoms with E-state index in [0.717, 1.165) is 39.0 Å². The van der Waals surface area contributed by atoms with Gasteiger partial charge in [0.25, 0.3) is 0 Å². The molecule has 1 spiro atoms. The fourth-order valence-electron chi connectivity index (χ4n) is 4.18. The van der Waals surface area contributed by atoms with E-state index >= 15 is 0 Å². The molecule has 0 aromatic rings. The van der Waals surface area contributed by atoms with Crippen molar-refractivity contribution in [3.63, 3.8) is 0 Å². The number of carbonyl (C=O) groups is 1. The van der Waals surface area contributed by atoms with Crippen LogP contribution in [-0.4, -0.2) is 42.8 Å². The highest BCUT2D eigenvalue weighted by atomic mass is 16.6. The van der Waals surface area contributed by atoms with Crippen LogP contribution in [0.1, 0.15) is 53.9 Å². The minimum Gasteiger partial charge on any atom is -0.444 e. The Morgan fingerprint density at radius 3 is 2.67 bits per heavy atom. The Balaban J connectivity index is 2.06. The standard InChI is InChI=1S/C17H32N2O2/c1-6-14-12-19(15(20)21-16(3,4)5)10-8-17(14)7-9-18-11-13(17)2/h13-14,18H,6-12H2,1-5H3. The number of hydrogen-bond acceptors (Lipinski definition) is 3. The van der Waals surface area contributed by atoms with Crippen LogP contribution in [-0.2, 0) is 4.74 Å². The molecule has 2 saturated heterocycles. The lowest BCUT2D eigenvalue weighted by Gasteiger charge is -2.53. The van der Waals surface area contributed by atoms with Gasteiger partial charge in [0.1, 0.15) is 5.60 Å². The first-order chi connectivity index (χ1) is 9.78. The quantitative estimate of drug-likeness (QED) is 0.807. The van der Waals surface area contributed by atoms with E-state index in [1.807, 2.05) is 25.7 Å². The molecule has 0 radical (unpaired) electrons. The van der Waals surface area contributed by atoms with E-state index < -0.39 is 5.60 Å². The average Bonchev–Trinajstić information content (AvgIpc) is 2.40. The molecule has 2 heterocycles. The SMILES string of the molecule is CCC1CN(C(=O)OC(C)(C)C)CCC12CCNCC2C. The van der Waals surface area contributed by atoms with Crippen LogP contribution < -0.4 is 5.32 Å². The predicted molar refractivity (Wildman–Crippen MR) is 85.3 cm³/mol. The van der Waals surface area contributed by atoms with Crippen LogP contribution in [0.25, 0.3) is 0 Å². The summed E-state index contributed by atoms with van der Waals surface area (Å²) < 4.78 is 5.55. The molecule has 0 aromatic carbocycles. The Morgan fingerprint density at radius 1 is 1.38 bits per heavy atom. The van der Waals surface area contributed by atoms with Gasteiger partial charge in [0, 0.05) is 13.1 Å². The zero-order chi connectivity index (χ0) is 15.7. The smallest absolute Gasteiger partial charge is 0.410 e. The number of ether oxygens (including phenoxy) is 1. The summed E-state index contributed by atoms with van der Waals surface area (Å²) in [5.74, 6) is 1.29. The molecule has 2 aliphatic rings. The molecule has 1 N–H and O–H groups in total. The van der Waals surface area contributed by atoms with E-state index in [9.17, 15) is 4.79 Å². The van der Waals surface area contributed by atoms with Crippen LogP contribution in [0.2, 0.25) is 0 Å². The Morgan fingerprint density at radius 2 is 2.10 bits per heavy atom. The molecule has 0 aliphatic carbocycles. The van der Waals surface area contributed by atoms with Crippen LogP contribution in [0.15, 0.2) is 0 Å². The summed E-state index contributed by atoms with van der Waals surface area (Å²) in [6, 6.07) is 0. The molecule has 21 heavy (non-hydrogen) atoms. The largest absolute Gasteiger partial charge is 0.444 e. The van der Waals surface area contributed by atoms with Crippen molar-refractivity contribution in [1.29, 1.82) is 0 Å². The predicted octanol–water partition coefficient (Wildman–Crippen LogP) is 3.27. The first-order valence-corrected chi connectivity index (χ1v) is 8.47.